The highest BCUT2D eigenvalue weighted by Gasteiger charge is 2.30. The molecule has 0 saturated carbocycles. The molecule has 1 N–H and O–H groups in total. The van der Waals surface area contributed by atoms with Crippen molar-refractivity contribution in [2.24, 2.45) is 0 Å². The van der Waals surface area contributed by atoms with Crippen LogP contribution in [0.5, 0.6) is 11.5 Å². The van der Waals surface area contributed by atoms with Gasteiger partial charge in [-0.2, -0.15) is 0 Å². The largest absolute Gasteiger partial charge is 0.496 e. The minimum absolute atomic E-state index is 0.0395. The summed E-state index contributed by atoms with van der Waals surface area (Å²) in [6.45, 7) is 4.61. The summed E-state index contributed by atoms with van der Waals surface area (Å²) in [5.74, 6) is 1.75. The van der Waals surface area contributed by atoms with Crippen LogP contribution in [0, 0.1) is 0 Å². The zero-order valence-electron chi connectivity index (χ0n) is 20.8. The molecule has 2 aromatic carbocycles. The van der Waals surface area contributed by atoms with E-state index in [1.165, 1.54) is 0 Å². The molecule has 1 saturated heterocycles. The Bertz CT molecular complexity index is 1150. The summed E-state index contributed by atoms with van der Waals surface area (Å²) in [4.78, 5) is 22.2. The van der Waals surface area contributed by atoms with Gasteiger partial charge in [-0.1, -0.05) is 42.5 Å². The van der Waals surface area contributed by atoms with Crippen molar-refractivity contribution >= 4 is 5.91 Å². The summed E-state index contributed by atoms with van der Waals surface area (Å²) in [6, 6.07) is 19.8. The maximum atomic E-state index is 13.4. The van der Waals surface area contributed by atoms with Gasteiger partial charge in [0.05, 0.1) is 7.11 Å². The van der Waals surface area contributed by atoms with E-state index in [1.54, 1.807) is 13.3 Å². The number of benzene rings is 2. The normalized spacial score (nSPS) is 19.1. The Labute approximate surface area is 213 Å². The van der Waals surface area contributed by atoms with Gasteiger partial charge in [0, 0.05) is 49.7 Å². The van der Waals surface area contributed by atoms with E-state index in [-0.39, 0.29) is 18.1 Å². The molecule has 0 radical (unpaired) electrons. The molecule has 2 aliphatic rings. The second-order valence-electron chi connectivity index (χ2n) is 9.41. The molecule has 3 heterocycles. The van der Waals surface area contributed by atoms with Crippen molar-refractivity contribution in [3.63, 3.8) is 0 Å². The lowest BCUT2D eigenvalue weighted by Gasteiger charge is -2.28. The molecular formula is C29H34N4O3. The number of methoxy groups -OCH3 is 1. The first-order valence-corrected chi connectivity index (χ1v) is 12.7. The number of nitrogens with zero attached hydrogens (tertiary/aromatic N) is 3. The first-order chi connectivity index (χ1) is 17.7. The molecule has 0 bridgehead atoms. The quantitative estimate of drug-likeness (QED) is 0.520. The average Bonchev–Trinajstić information content (AvgIpc) is 3.37. The lowest BCUT2D eigenvalue weighted by Crippen LogP contribution is -2.42. The fraction of sp³-hybridized carbons (Fsp3) is 0.379. The van der Waals surface area contributed by atoms with E-state index in [4.69, 9.17) is 9.47 Å². The Balaban J connectivity index is 1.29. The average molecular weight is 487 g/mol. The van der Waals surface area contributed by atoms with Crippen LogP contribution in [0.15, 0.2) is 73.1 Å². The number of hydrogen-bond donors (Lipinski definition) is 1. The minimum atomic E-state index is -0.296. The first-order valence-electron chi connectivity index (χ1n) is 12.7. The molecule has 0 spiro atoms. The highest BCUT2D eigenvalue weighted by atomic mass is 16.5. The van der Waals surface area contributed by atoms with E-state index in [9.17, 15) is 4.79 Å². The fourth-order valence-electron chi connectivity index (χ4n) is 5.24. The Morgan fingerprint density at radius 2 is 1.92 bits per heavy atom. The van der Waals surface area contributed by atoms with E-state index in [0.717, 1.165) is 67.2 Å². The Morgan fingerprint density at radius 1 is 1.11 bits per heavy atom. The number of likely N-dealkylation sites (tertiary alicyclic amines) is 1. The van der Waals surface area contributed by atoms with Crippen molar-refractivity contribution in [3.05, 3.63) is 89.7 Å². The number of aromatic nitrogens is 1. The lowest BCUT2D eigenvalue weighted by molar-refractivity contribution is -0.126. The van der Waals surface area contributed by atoms with Crippen LogP contribution in [0.4, 0.5) is 0 Å². The lowest BCUT2D eigenvalue weighted by atomic mass is 10.1. The number of fused-ring (bicyclic) bond motifs is 1. The van der Waals surface area contributed by atoms with Gasteiger partial charge >= 0.3 is 0 Å². The minimum Gasteiger partial charge on any atom is -0.496 e. The van der Waals surface area contributed by atoms with Gasteiger partial charge in [-0.05, 0) is 49.7 Å². The molecule has 2 atom stereocenters. The smallest absolute Gasteiger partial charge is 0.242 e. The summed E-state index contributed by atoms with van der Waals surface area (Å²) in [5, 5.41) is 3.21. The van der Waals surface area contributed by atoms with Gasteiger partial charge < -0.3 is 14.8 Å². The molecule has 7 nitrogen and oxygen atoms in total. The topological polar surface area (TPSA) is 66.9 Å². The number of para-hydroxylation sites is 2. The van der Waals surface area contributed by atoms with Crippen molar-refractivity contribution in [3.8, 4) is 11.5 Å². The monoisotopic (exact) mass is 486 g/mol. The fourth-order valence-corrected chi connectivity index (χ4v) is 5.24. The van der Waals surface area contributed by atoms with Gasteiger partial charge in [0.25, 0.3) is 0 Å². The molecule has 3 aromatic rings. The number of carbonyl (C=O) groups excluding carboxylic acids is 1. The summed E-state index contributed by atoms with van der Waals surface area (Å²) >= 11 is 0. The highest BCUT2D eigenvalue weighted by Crippen LogP contribution is 2.34. The Hall–Kier alpha value is -3.42. The molecule has 188 valence electrons. The number of ether oxygens (including phenoxy) is 2. The number of nitrogens with one attached hydrogen (secondary N) is 1. The van der Waals surface area contributed by atoms with Gasteiger partial charge in [-0.15, -0.1) is 0 Å². The van der Waals surface area contributed by atoms with Gasteiger partial charge in [0.1, 0.15) is 23.6 Å². The first kappa shape index (κ1) is 24.3. The second kappa shape index (κ2) is 11.5. The maximum absolute atomic E-state index is 13.4. The molecule has 0 aliphatic carbocycles. The summed E-state index contributed by atoms with van der Waals surface area (Å²) in [7, 11) is 1.69. The van der Waals surface area contributed by atoms with Gasteiger partial charge in [-0.25, -0.2) is 0 Å². The SMILES string of the molecule is COc1ccccc1[C@@H]1CN(CCNC(=O)[C@@H](c2cccnc2)N2CCCC2)Cc2ccccc2O1. The standard InChI is InChI=1S/C29H34N4O3/c1-35-26-13-5-3-11-24(26)27-21-32(20-23-9-2-4-12-25(23)36-27)18-15-31-29(34)28(33-16-6-7-17-33)22-10-8-14-30-19-22/h2-5,8-14,19,27-28H,6-7,15-18,20-21H2,1H3,(H,31,34)/t27-,28+/m0/s1. The van der Waals surface area contributed by atoms with Crippen LogP contribution in [0.2, 0.25) is 0 Å². The third-order valence-corrected chi connectivity index (χ3v) is 7.03. The number of amides is 1. The van der Waals surface area contributed by atoms with E-state index in [2.05, 4.69) is 32.2 Å². The molecule has 7 heteroatoms. The van der Waals surface area contributed by atoms with Crippen LogP contribution in [-0.2, 0) is 11.3 Å². The van der Waals surface area contributed by atoms with Crippen molar-refractivity contribution in [2.75, 3.05) is 39.8 Å². The molecular weight excluding hydrogens is 452 g/mol. The number of hydrogen-bond acceptors (Lipinski definition) is 6. The van der Waals surface area contributed by atoms with Crippen molar-refractivity contribution in [1.29, 1.82) is 0 Å². The van der Waals surface area contributed by atoms with E-state index in [0.29, 0.717) is 13.1 Å². The Morgan fingerprint density at radius 3 is 2.72 bits per heavy atom. The third-order valence-electron chi connectivity index (χ3n) is 7.03. The van der Waals surface area contributed by atoms with Gasteiger partial charge in [0.2, 0.25) is 5.91 Å². The second-order valence-corrected chi connectivity index (χ2v) is 9.41. The predicted octanol–water partition coefficient (Wildman–Crippen LogP) is 3.98. The van der Waals surface area contributed by atoms with Crippen LogP contribution >= 0.6 is 0 Å². The number of pyridine rings is 1. The Kier molecular flexibility index (Phi) is 7.79. The van der Waals surface area contributed by atoms with Gasteiger partial charge in [0.15, 0.2) is 0 Å². The summed E-state index contributed by atoms with van der Waals surface area (Å²) < 4.78 is 12.1. The van der Waals surface area contributed by atoms with E-state index < -0.39 is 0 Å². The summed E-state index contributed by atoms with van der Waals surface area (Å²) in [5.41, 5.74) is 3.12. The van der Waals surface area contributed by atoms with E-state index >= 15 is 0 Å². The maximum Gasteiger partial charge on any atom is 0.242 e. The molecule has 0 unspecified atom stereocenters. The van der Waals surface area contributed by atoms with Gasteiger partial charge in [-0.3, -0.25) is 19.6 Å². The van der Waals surface area contributed by atoms with Crippen molar-refractivity contribution in [2.45, 2.75) is 31.5 Å². The van der Waals surface area contributed by atoms with E-state index in [1.807, 2.05) is 54.7 Å². The van der Waals surface area contributed by atoms with Crippen LogP contribution in [0.25, 0.3) is 0 Å². The molecule has 36 heavy (non-hydrogen) atoms. The third kappa shape index (κ3) is 5.53. The molecule has 1 amide bonds. The van der Waals surface area contributed by atoms with Crippen LogP contribution in [0.1, 0.15) is 41.7 Å². The van der Waals surface area contributed by atoms with Crippen molar-refractivity contribution < 1.29 is 14.3 Å². The van der Waals surface area contributed by atoms with Crippen LogP contribution in [0.3, 0.4) is 0 Å². The predicted molar refractivity (Wildman–Crippen MR) is 139 cm³/mol. The molecule has 1 aromatic heterocycles. The zero-order chi connectivity index (χ0) is 24.7. The highest BCUT2D eigenvalue weighted by molar-refractivity contribution is 5.83. The number of rotatable bonds is 8. The summed E-state index contributed by atoms with van der Waals surface area (Å²) in [6.07, 6.45) is 5.64. The van der Waals surface area contributed by atoms with Crippen molar-refractivity contribution in [1.82, 2.24) is 20.1 Å². The zero-order valence-corrected chi connectivity index (χ0v) is 20.8. The molecule has 2 aliphatic heterocycles. The molecule has 5 rings (SSSR count). The van der Waals surface area contributed by atoms with Crippen LogP contribution in [-0.4, -0.2) is 60.5 Å². The van der Waals surface area contributed by atoms with Crippen LogP contribution < -0.4 is 14.8 Å². The number of carbonyl (C=O) groups is 1. The molecule has 1 fully saturated rings.